The molecule has 0 aliphatic carbocycles. The largest absolute Gasteiger partial charge is 0.461 e. The fourth-order valence-electron chi connectivity index (χ4n) is 5.93. The molecule has 1 aromatic carbocycles. The van der Waals surface area contributed by atoms with Gasteiger partial charge in [0.2, 0.25) is 5.91 Å². The molecular weight excluding hydrogens is 488 g/mol. The highest BCUT2D eigenvalue weighted by Gasteiger charge is 2.72. The minimum Gasteiger partial charge on any atom is -0.461 e. The summed E-state index contributed by atoms with van der Waals surface area (Å²) in [5.41, 5.74) is 0.678. The third kappa shape index (κ3) is 3.72. The molecule has 4 aliphatic heterocycles. The van der Waals surface area contributed by atoms with Gasteiger partial charge in [-0.2, -0.15) is 0 Å². The number of aliphatic hydroxyl groups is 1. The first kappa shape index (κ1) is 24.4. The van der Waals surface area contributed by atoms with Crippen LogP contribution in [0.3, 0.4) is 0 Å². The van der Waals surface area contributed by atoms with E-state index in [1.165, 1.54) is 11.8 Å². The van der Waals surface area contributed by atoms with Crippen LogP contribution in [0.25, 0.3) is 0 Å². The molecule has 35 heavy (non-hydrogen) atoms. The average molecular weight is 517 g/mol. The Morgan fingerprint density at radius 3 is 2.63 bits per heavy atom. The van der Waals surface area contributed by atoms with Gasteiger partial charge in [-0.25, -0.2) is 0 Å². The molecule has 186 valence electrons. The van der Waals surface area contributed by atoms with E-state index < -0.39 is 34.6 Å². The molecule has 0 bridgehead atoms. The quantitative estimate of drug-likeness (QED) is 0.478. The minimum atomic E-state index is -0.938. The predicted molar refractivity (Wildman–Crippen MR) is 135 cm³/mol. The number of carbonyl (C=O) groups excluding carboxylic acids is 3. The zero-order valence-electron chi connectivity index (χ0n) is 19.7. The van der Waals surface area contributed by atoms with Gasteiger partial charge in [0.25, 0.3) is 5.91 Å². The molecule has 9 heteroatoms. The number of esters is 1. The van der Waals surface area contributed by atoms with Gasteiger partial charge in [-0.1, -0.05) is 56.2 Å². The summed E-state index contributed by atoms with van der Waals surface area (Å²) >= 11 is 7.58. The van der Waals surface area contributed by atoms with E-state index in [0.717, 1.165) is 6.42 Å². The fourth-order valence-corrected chi connectivity index (χ4v) is 8.05. The lowest BCUT2D eigenvalue weighted by molar-refractivity contribution is -0.152. The van der Waals surface area contributed by atoms with Gasteiger partial charge in [0.15, 0.2) is 0 Å². The van der Waals surface area contributed by atoms with E-state index in [1.807, 2.05) is 38.2 Å². The fraction of sp³-hybridized carbons (Fsp3) is 0.500. The molecule has 0 saturated carbocycles. The Morgan fingerprint density at radius 1 is 1.20 bits per heavy atom. The van der Waals surface area contributed by atoms with Crippen LogP contribution in [0.5, 0.6) is 0 Å². The molecule has 5 rings (SSSR count). The van der Waals surface area contributed by atoms with Crippen LogP contribution in [-0.2, 0) is 19.1 Å². The highest BCUT2D eigenvalue weighted by molar-refractivity contribution is 8.02. The second-order valence-electron chi connectivity index (χ2n) is 9.61. The number of benzene rings is 1. The number of fused-ring (bicyclic) bond motifs is 2. The summed E-state index contributed by atoms with van der Waals surface area (Å²) in [6.45, 7) is 4.22. The highest BCUT2D eigenvalue weighted by Crippen LogP contribution is 2.61. The molecular formula is C26H29ClN2O5S. The number of rotatable bonds is 5. The maximum atomic E-state index is 14.3. The summed E-state index contributed by atoms with van der Waals surface area (Å²) in [6, 6.07) is 5.63. The predicted octanol–water partition coefficient (Wildman–Crippen LogP) is 3.06. The first-order chi connectivity index (χ1) is 16.8. The zero-order valence-corrected chi connectivity index (χ0v) is 21.2. The highest BCUT2D eigenvalue weighted by atomic mass is 35.5. The van der Waals surface area contributed by atoms with E-state index in [1.54, 1.807) is 34.1 Å². The smallest absolute Gasteiger partial charge is 0.311 e. The lowest BCUT2D eigenvalue weighted by atomic mass is 9.78. The third-order valence-electron chi connectivity index (χ3n) is 7.83. The number of hydrogen-bond donors (Lipinski definition) is 1. The summed E-state index contributed by atoms with van der Waals surface area (Å²) in [4.78, 5) is 44.8. The number of amides is 2. The molecule has 4 heterocycles. The van der Waals surface area contributed by atoms with Crippen LogP contribution in [0.2, 0.25) is 5.02 Å². The van der Waals surface area contributed by atoms with Crippen molar-refractivity contribution in [2.45, 2.75) is 42.3 Å². The van der Waals surface area contributed by atoms with Gasteiger partial charge in [-0.3, -0.25) is 14.4 Å². The molecule has 1 N–H and O–H groups in total. The average Bonchev–Trinajstić information content (AvgIpc) is 3.15. The normalized spacial score (nSPS) is 33.5. The van der Waals surface area contributed by atoms with Gasteiger partial charge in [0, 0.05) is 22.5 Å². The Bertz CT molecular complexity index is 1090. The van der Waals surface area contributed by atoms with E-state index in [0.29, 0.717) is 17.3 Å². The van der Waals surface area contributed by atoms with Crippen molar-refractivity contribution in [3.63, 3.8) is 0 Å². The lowest BCUT2D eigenvalue weighted by Crippen LogP contribution is -2.58. The second-order valence-corrected chi connectivity index (χ2v) is 11.5. The number of likely N-dealkylation sites (tertiary alicyclic amines) is 1. The van der Waals surface area contributed by atoms with Crippen molar-refractivity contribution in [1.29, 1.82) is 0 Å². The Balaban J connectivity index is 1.66. The van der Waals surface area contributed by atoms with Crippen molar-refractivity contribution in [2.24, 2.45) is 17.8 Å². The molecule has 2 saturated heterocycles. The van der Waals surface area contributed by atoms with Crippen molar-refractivity contribution in [1.82, 2.24) is 4.90 Å². The van der Waals surface area contributed by atoms with Crippen molar-refractivity contribution in [3.05, 3.63) is 53.6 Å². The van der Waals surface area contributed by atoms with Crippen LogP contribution in [0.15, 0.2) is 48.6 Å². The van der Waals surface area contributed by atoms with E-state index in [-0.39, 0.29) is 36.2 Å². The van der Waals surface area contributed by atoms with E-state index >= 15 is 0 Å². The molecule has 0 aromatic heterocycles. The molecule has 2 fully saturated rings. The summed E-state index contributed by atoms with van der Waals surface area (Å²) in [5.74, 6) is -2.37. The number of anilines is 1. The van der Waals surface area contributed by atoms with E-state index in [9.17, 15) is 19.5 Å². The van der Waals surface area contributed by atoms with Crippen molar-refractivity contribution < 1.29 is 24.2 Å². The Kier molecular flexibility index (Phi) is 6.48. The van der Waals surface area contributed by atoms with Crippen molar-refractivity contribution in [2.75, 3.05) is 24.7 Å². The minimum absolute atomic E-state index is 0.0365. The van der Waals surface area contributed by atoms with Gasteiger partial charge in [0.1, 0.15) is 12.6 Å². The number of halogens is 1. The topological polar surface area (TPSA) is 87.2 Å². The summed E-state index contributed by atoms with van der Waals surface area (Å²) in [7, 11) is 0. The van der Waals surface area contributed by atoms with Gasteiger partial charge in [-0.05, 0) is 30.2 Å². The number of ether oxygens (including phenoxy) is 1. The third-order valence-corrected chi connectivity index (χ3v) is 9.83. The molecule has 1 unspecified atom stereocenters. The molecule has 4 aliphatic rings. The van der Waals surface area contributed by atoms with Gasteiger partial charge < -0.3 is 19.6 Å². The SMILES string of the molecule is CC[C@H](C)[C@H](CO)N1C(=O)[C@@H]2[C@@H]3C(=O)OCC=C[C@@H]3S[C@@]23C=CCN(c2ccc(Cl)cc2)C(=O)C13. The number of cyclic esters (lactones) is 1. The van der Waals surface area contributed by atoms with Crippen LogP contribution in [0.1, 0.15) is 20.3 Å². The van der Waals surface area contributed by atoms with Crippen LogP contribution < -0.4 is 4.90 Å². The van der Waals surface area contributed by atoms with Crippen molar-refractivity contribution in [3.8, 4) is 0 Å². The molecule has 7 atom stereocenters. The number of nitrogens with zero attached hydrogens (tertiary/aromatic N) is 2. The standard InChI is InChI=1S/C26H29ClN2O5S/c1-3-15(2)18(14-30)29-22-24(32)28(17-9-7-16(27)8-10-17)12-5-11-26(22)21(23(29)31)20-19(35-26)6-4-13-34-25(20)33/h4-11,15,18-22,30H,3,12-14H2,1-2H3/t15-,18-,19-,20+,21-,22?,26-/m0/s1. The van der Waals surface area contributed by atoms with Crippen LogP contribution >= 0.6 is 23.4 Å². The van der Waals surface area contributed by atoms with Gasteiger partial charge in [-0.15, -0.1) is 11.8 Å². The molecule has 7 nitrogen and oxygen atoms in total. The second kappa shape index (κ2) is 9.30. The Labute approximate surface area is 214 Å². The van der Waals surface area contributed by atoms with Gasteiger partial charge >= 0.3 is 5.97 Å². The Morgan fingerprint density at radius 2 is 1.94 bits per heavy atom. The monoisotopic (exact) mass is 516 g/mol. The van der Waals surface area contributed by atoms with Crippen LogP contribution in [-0.4, -0.2) is 69.6 Å². The molecule has 2 amide bonds. The first-order valence-corrected chi connectivity index (χ1v) is 13.3. The zero-order chi connectivity index (χ0) is 24.9. The summed E-state index contributed by atoms with van der Waals surface area (Å²) in [5, 5.41) is 10.7. The van der Waals surface area contributed by atoms with Crippen LogP contribution in [0, 0.1) is 17.8 Å². The molecule has 1 spiro atoms. The van der Waals surface area contributed by atoms with Crippen molar-refractivity contribution >= 4 is 46.8 Å². The number of carbonyl (C=O) groups is 3. The maximum Gasteiger partial charge on any atom is 0.311 e. The molecule has 0 radical (unpaired) electrons. The lowest BCUT2D eigenvalue weighted by Gasteiger charge is -2.40. The van der Waals surface area contributed by atoms with E-state index in [4.69, 9.17) is 16.3 Å². The summed E-state index contributed by atoms with van der Waals surface area (Å²) in [6.07, 6.45) is 8.34. The van der Waals surface area contributed by atoms with Crippen LogP contribution in [0.4, 0.5) is 5.69 Å². The van der Waals surface area contributed by atoms with E-state index in [2.05, 4.69) is 0 Å². The Hall–Kier alpha value is -2.29. The number of hydrogen-bond acceptors (Lipinski definition) is 6. The first-order valence-electron chi connectivity index (χ1n) is 12.0. The maximum absolute atomic E-state index is 14.3. The summed E-state index contributed by atoms with van der Waals surface area (Å²) < 4.78 is 4.47. The number of aliphatic hydroxyl groups excluding tert-OH is 1. The number of thioether (sulfide) groups is 1. The van der Waals surface area contributed by atoms with Gasteiger partial charge in [0.05, 0.1) is 29.2 Å². The molecule has 1 aromatic rings.